The molecular formula is C28H23F4N3O4S. The van der Waals surface area contributed by atoms with Gasteiger partial charge in [-0.05, 0) is 48.7 Å². The second kappa shape index (κ2) is 11.6. The Balaban J connectivity index is 1.24. The molecule has 1 fully saturated rings. The van der Waals surface area contributed by atoms with Crippen molar-refractivity contribution in [2.24, 2.45) is 5.92 Å². The predicted molar refractivity (Wildman–Crippen MR) is 142 cm³/mol. The van der Waals surface area contributed by atoms with E-state index in [0.717, 1.165) is 22.9 Å². The molecule has 2 amide bonds. The maximum atomic E-state index is 14.4. The lowest BCUT2D eigenvalue weighted by atomic mass is 10.00. The Labute approximate surface area is 230 Å². The number of hydrogen-bond donors (Lipinski definition) is 2. The van der Waals surface area contributed by atoms with Crippen molar-refractivity contribution in [1.29, 1.82) is 0 Å². The SMILES string of the molecule is O=C(Cc1cccc(C(F)(F)F)c1)Nc1cc(Oc2ccc3nc(NC(=O)C4CCOCC4)sc3c2)ccc1F. The zero-order valence-electron chi connectivity index (χ0n) is 20.9. The van der Waals surface area contributed by atoms with Crippen molar-refractivity contribution in [2.45, 2.75) is 25.4 Å². The van der Waals surface area contributed by atoms with Gasteiger partial charge in [0, 0.05) is 31.3 Å². The van der Waals surface area contributed by atoms with Crippen molar-refractivity contribution < 1.29 is 36.6 Å². The monoisotopic (exact) mass is 573 g/mol. The molecule has 2 N–H and O–H groups in total. The van der Waals surface area contributed by atoms with Gasteiger partial charge in [0.2, 0.25) is 11.8 Å². The molecule has 3 aromatic carbocycles. The van der Waals surface area contributed by atoms with Crippen molar-refractivity contribution in [3.05, 3.63) is 77.6 Å². The number of ether oxygens (including phenoxy) is 2. The minimum absolute atomic E-state index is 0.0900. The van der Waals surface area contributed by atoms with Crippen molar-refractivity contribution in [1.82, 2.24) is 4.98 Å². The number of carbonyl (C=O) groups excluding carboxylic acids is 2. The zero-order valence-corrected chi connectivity index (χ0v) is 21.7. The summed E-state index contributed by atoms with van der Waals surface area (Å²) in [6.45, 7) is 1.12. The van der Waals surface area contributed by atoms with E-state index in [-0.39, 0.29) is 35.2 Å². The number of rotatable bonds is 7. The number of nitrogens with one attached hydrogen (secondary N) is 2. The van der Waals surface area contributed by atoms with E-state index in [1.807, 2.05) is 0 Å². The maximum absolute atomic E-state index is 14.4. The molecule has 4 aromatic rings. The largest absolute Gasteiger partial charge is 0.457 e. The fourth-order valence-corrected chi connectivity index (χ4v) is 5.12. The van der Waals surface area contributed by atoms with Crippen LogP contribution in [0.3, 0.4) is 0 Å². The van der Waals surface area contributed by atoms with Gasteiger partial charge in [-0.15, -0.1) is 0 Å². The molecule has 208 valence electrons. The van der Waals surface area contributed by atoms with E-state index in [1.54, 1.807) is 18.2 Å². The number of benzene rings is 3. The third kappa shape index (κ3) is 6.75. The van der Waals surface area contributed by atoms with E-state index in [0.29, 0.717) is 42.5 Å². The summed E-state index contributed by atoms with van der Waals surface area (Å²) in [6, 6.07) is 13.3. The van der Waals surface area contributed by atoms with Crippen LogP contribution in [0.15, 0.2) is 60.7 Å². The Kier molecular flexibility index (Phi) is 7.99. The van der Waals surface area contributed by atoms with Crippen molar-refractivity contribution in [3.8, 4) is 11.5 Å². The summed E-state index contributed by atoms with van der Waals surface area (Å²) in [6.07, 6.45) is -3.57. The standard InChI is InChI=1S/C28H23F4N3O4S/c29-21-6-4-19(14-23(21)33-25(36)13-16-2-1-3-18(12-16)28(30,31)32)39-20-5-7-22-24(15-20)40-27(34-22)35-26(37)17-8-10-38-11-9-17/h1-7,12,14-15,17H,8-11,13H2,(H,33,36)(H,34,35,37). The van der Waals surface area contributed by atoms with Crippen molar-refractivity contribution in [3.63, 3.8) is 0 Å². The Morgan fingerprint density at radius 1 is 1.00 bits per heavy atom. The lowest BCUT2D eigenvalue weighted by molar-refractivity contribution is -0.137. The Bertz CT molecular complexity index is 1550. The van der Waals surface area contributed by atoms with Crippen LogP contribution in [-0.4, -0.2) is 30.0 Å². The van der Waals surface area contributed by atoms with Crippen LogP contribution >= 0.6 is 11.3 Å². The van der Waals surface area contributed by atoms with Gasteiger partial charge in [-0.2, -0.15) is 13.2 Å². The zero-order chi connectivity index (χ0) is 28.3. The molecular weight excluding hydrogens is 550 g/mol. The normalized spacial score (nSPS) is 14.2. The van der Waals surface area contributed by atoms with Gasteiger partial charge in [0.05, 0.1) is 27.9 Å². The van der Waals surface area contributed by atoms with Crippen LogP contribution < -0.4 is 15.4 Å². The Hall–Kier alpha value is -4.03. The van der Waals surface area contributed by atoms with Crippen molar-refractivity contribution >= 4 is 44.2 Å². The minimum atomic E-state index is -4.53. The van der Waals surface area contributed by atoms with E-state index < -0.39 is 23.5 Å². The second-order valence-corrected chi connectivity index (χ2v) is 10.2. The quantitative estimate of drug-likeness (QED) is 0.238. The molecule has 40 heavy (non-hydrogen) atoms. The second-order valence-electron chi connectivity index (χ2n) is 9.19. The molecule has 0 unspecified atom stereocenters. The van der Waals surface area contributed by atoms with Gasteiger partial charge in [0.25, 0.3) is 0 Å². The van der Waals surface area contributed by atoms with E-state index in [1.165, 1.54) is 35.6 Å². The fourth-order valence-electron chi connectivity index (χ4n) is 4.23. The molecule has 0 bridgehead atoms. The lowest BCUT2D eigenvalue weighted by Gasteiger charge is -2.20. The summed E-state index contributed by atoms with van der Waals surface area (Å²) in [4.78, 5) is 29.4. The number of nitrogens with zero attached hydrogens (tertiary/aromatic N) is 1. The predicted octanol–water partition coefficient (Wildman–Crippen LogP) is 6.79. The van der Waals surface area contributed by atoms with E-state index >= 15 is 0 Å². The molecule has 0 aliphatic carbocycles. The third-order valence-corrected chi connectivity index (χ3v) is 7.18. The highest BCUT2D eigenvalue weighted by Gasteiger charge is 2.30. The molecule has 0 radical (unpaired) electrons. The summed E-state index contributed by atoms with van der Waals surface area (Å²) in [7, 11) is 0. The first-order valence-electron chi connectivity index (χ1n) is 12.4. The first kappa shape index (κ1) is 27.5. The van der Waals surface area contributed by atoms with Crippen LogP contribution in [0, 0.1) is 11.7 Å². The van der Waals surface area contributed by atoms with E-state index in [2.05, 4.69) is 15.6 Å². The fraction of sp³-hybridized carbons (Fsp3) is 0.250. The number of halogens is 4. The van der Waals surface area contributed by atoms with Crippen LogP contribution in [0.2, 0.25) is 0 Å². The molecule has 1 aliphatic heterocycles. The molecule has 1 aliphatic rings. The number of alkyl halides is 3. The van der Waals surface area contributed by atoms with Gasteiger partial charge < -0.3 is 20.1 Å². The number of aromatic nitrogens is 1. The van der Waals surface area contributed by atoms with E-state index in [4.69, 9.17) is 9.47 Å². The number of anilines is 2. The highest BCUT2D eigenvalue weighted by molar-refractivity contribution is 7.22. The van der Waals surface area contributed by atoms with Crippen LogP contribution in [0.5, 0.6) is 11.5 Å². The third-order valence-electron chi connectivity index (χ3n) is 6.25. The van der Waals surface area contributed by atoms with Gasteiger partial charge in [-0.1, -0.05) is 29.5 Å². The first-order valence-corrected chi connectivity index (χ1v) is 13.2. The molecule has 0 atom stereocenters. The molecule has 5 rings (SSSR count). The minimum Gasteiger partial charge on any atom is -0.457 e. The smallest absolute Gasteiger partial charge is 0.416 e. The molecule has 0 spiro atoms. The Morgan fingerprint density at radius 3 is 2.52 bits per heavy atom. The number of carbonyl (C=O) groups is 2. The van der Waals surface area contributed by atoms with Gasteiger partial charge in [0.1, 0.15) is 17.3 Å². The number of fused-ring (bicyclic) bond motifs is 1. The van der Waals surface area contributed by atoms with Crippen molar-refractivity contribution in [2.75, 3.05) is 23.8 Å². The number of amides is 2. The highest BCUT2D eigenvalue weighted by Crippen LogP contribution is 2.33. The number of hydrogen-bond acceptors (Lipinski definition) is 6. The molecule has 7 nitrogen and oxygen atoms in total. The van der Waals surface area contributed by atoms with Gasteiger partial charge in [-0.25, -0.2) is 9.37 Å². The van der Waals surface area contributed by atoms with Gasteiger partial charge in [0.15, 0.2) is 5.13 Å². The Morgan fingerprint density at radius 2 is 1.75 bits per heavy atom. The summed E-state index contributed by atoms with van der Waals surface area (Å²) >= 11 is 1.29. The van der Waals surface area contributed by atoms with Crippen LogP contribution in [0.25, 0.3) is 10.2 Å². The van der Waals surface area contributed by atoms with Gasteiger partial charge in [-0.3, -0.25) is 9.59 Å². The average Bonchev–Trinajstić information content (AvgIpc) is 3.32. The highest BCUT2D eigenvalue weighted by atomic mass is 32.1. The lowest BCUT2D eigenvalue weighted by Crippen LogP contribution is -2.28. The summed E-state index contributed by atoms with van der Waals surface area (Å²) in [5, 5.41) is 5.72. The molecule has 1 aromatic heterocycles. The van der Waals surface area contributed by atoms with Crippen LogP contribution in [-0.2, 0) is 26.9 Å². The first-order chi connectivity index (χ1) is 19.1. The molecule has 0 saturated carbocycles. The van der Waals surface area contributed by atoms with Crippen LogP contribution in [0.4, 0.5) is 28.4 Å². The molecule has 1 saturated heterocycles. The topological polar surface area (TPSA) is 89.5 Å². The van der Waals surface area contributed by atoms with E-state index in [9.17, 15) is 27.2 Å². The van der Waals surface area contributed by atoms with Gasteiger partial charge >= 0.3 is 6.18 Å². The molecule has 2 heterocycles. The van der Waals surface area contributed by atoms with Crippen LogP contribution in [0.1, 0.15) is 24.0 Å². The summed E-state index contributed by atoms with van der Waals surface area (Å²) in [5.74, 6) is -0.964. The maximum Gasteiger partial charge on any atom is 0.416 e. The average molecular weight is 574 g/mol. The molecule has 12 heteroatoms. The number of thiazole rings is 1. The summed E-state index contributed by atoms with van der Waals surface area (Å²) < 4.78 is 65.2. The summed E-state index contributed by atoms with van der Waals surface area (Å²) in [5.41, 5.74) is -0.236.